The summed E-state index contributed by atoms with van der Waals surface area (Å²) in [5.41, 5.74) is 8.81. The Balaban J connectivity index is 1.68. The fourth-order valence-electron chi connectivity index (χ4n) is 2.05. The molecule has 0 aromatic carbocycles. The molecule has 0 amide bonds. The van der Waals surface area contributed by atoms with Gasteiger partial charge in [0.15, 0.2) is 10.7 Å². The predicted octanol–water partition coefficient (Wildman–Crippen LogP) is 2.71. The molecule has 0 saturated carbocycles. The predicted molar refractivity (Wildman–Crippen MR) is 84.3 cm³/mol. The molecular formula is C15H13N5OS. The smallest absolute Gasteiger partial charge is 0.190 e. The van der Waals surface area contributed by atoms with Gasteiger partial charge in [0, 0.05) is 22.9 Å². The van der Waals surface area contributed by atoms with Crippen LogP contribution in [0.2, 0.25) is 0 Å². The van der Waals surface area contributed by atoms with E-state index in [4.69, 9.17) is 15.4 Å². The van der Waals surface area contributed by atoms with E-state index in [2.05, 4.69) is 15.0 Å². The molecule has 0 unspecified atom stereocenters. The number of aromatic nitrogens is 3. The monoisotopic (exact) mass is 311 g/mol. The van der Waals surface area contributed by atoms with Gasteiger partial charge in [-0.2, -0.15) is 5.26 Å². The van der Waals surface area contributed by atoms with Gasteiger partial charge in [0.1, 0.15) is 17.6 Å². The Morgan fingerprint density at radius 3 is 3.05 bits per heavy atom. The topological polar surface area (TPSA) is 102 Å². The van der Waals surface area contributed by atoms with E-state index in [-0.39, 0.29) is 5.69 Å². The summed E-state index contributed by atoms with van der Waals surface area (Å²) >= 11 is 1.45. The van der Waals surface area contributed by atoms with Crippen molar-refractivity contribution in [1.29, 1.82) is 5.26 Å². The normalized spacial score (nSPS) is 10.7. The van der Waals surface area contributed by atoms with Crippen LogP contribution in [0.4, 0.5) is 5.82 Å². The number of thioether (sulfide) groups is 1. The highest BCUT2D eigenvalue weighted by molar-refractivity contribution is 7.99. The van der Waals surface area contributed by atoms with Gasteiger partial charge in [-0.3, -0.25) is 4.98 Å². The highest BCUT2D eigenvalue weighted by Gasteiger charge is 2.06. The van der Waals surface area contributed by atoms with Gasteiger partial charge in [-0.15, -0.1) is 0 Å². The lowest BCUT2D eigenvalue weighted by Crippen LogP contribution is -1.99. The SMILES string of the molecule is Cc1coc2cnc(CCSc3nc(N)cc(C#N)n3)cc12. The van der Waals surface area contributed by atoms with Crippen LogP contribution in [0.15, 0.2) is 34.2 Å². The Morgan fingerprint density at radius 1 is 1.36 bits per heavy atom. The number of nitriles is 1. The van der Waals surface area contributed by atoms with E-state index in [1.807, 2.05) is 19.1 Å². The minimum absolute atomic E-state index is 0.281. The maximum atomic E-state index is 8.87. The minimum atomic E-state index is 0.281. The maximum Gasteiger partial charge on any atom is 0.190 e. The second-order valence-corrected chi connectivity index (χ2v) is 5.82. The van der Waals surface area contributed by atoms with Gasteiger partial charge in [-0.05, 0) is 25.0 Å². The Bertz CT molecular complexity index is 868. The summed E-state index contributed by atoms with van der Waals surface area (Å²) in [6.45, 7) is 2.01. The Kier molecular flexibility index (Phi) is 3.94. The summed E-state index contributed by atoms with van der Waals surface area (Å²) in [5, 5.41) is 10.5. The van der Waals surface area contributed by atoms with Crippen molar-refractivity contribution in [2.45, 2.75) is 18.5 Å². The number of aryl methyl sites for hydroxylation is 2. The molecule has 3 rings (SSSR count). The van der Waals surface area contributed by atoms with Crippen LogP contribution in [0.5, 0.6) is 0 Å². The first-order valence-corrected chi connectivity index (χ1v) is 7.64. The van der Waals surface area contributed by atoms with Crippen molar-refractivity contribution < 1.29 is 4.42 Å². The lowest BCUT2D eigenvalue weighted by Gasteiger charge is -2.02. The summed E-state index contributed by atoms with van der Waals surface area (Å²) in [4.78, 5) is 12.6. The quantitative estimate of drug-likeness (QED) is 0.583. The first-order valence-electron chi connectivity index (χ1n) is 6.66. The van der Waals surface area contributed by atoms with Gasteiger partial charge in [0.05, 0.1) is 12.5 Å². The molecule has 7 heteroatoms. The van der Waals surface area contributed by atoms with E-state index >= 15 is 0 Å². The summed E-state index contributed by atoms with van der Waals surface area (Å²) in [7, 11) is 0. The number of rotatable bonds is 4. The lowest BCUT2D eigenvalue weighted by molar-refractivity contribution is 0.611. The molecule has 0 bridgehead atoms. The van der Waals surface area contributed by atoms with Crippen molar-refractivity contribution in [2.75, 3.05) is 11.5 Å². The number of anilines is 1. The van der Waals surface area contributed by atoms with Crippen LogP contribution in [-0.2, 0) is 6.42 Å². The maximum absolute atomic E-state index is 8.87. The van der Waals surface area contributed by atoms with Crippen molar-refractivity contribution >= 4 is 28.5 Å². The average molecular weight is 311 g/mol. The second-order valence-electron chi connectivity index (χ2n) is 4.76. The Morgan fingerprint density at radius 2 is 2.23 bits per heavy atom. The van der Waals surface area contributed by atoms with Crippen LogP contribution in [0, 0.1) is 18.3 Å². The highest BCUT2D eigenvalue weighted by atomic mass is 32.2. The Labute approximate surface area is 131 Å². The fourth-order valence-corrected chi connectivity index (χ4v) is 2.88. The van der Waals surface area contributed by atoms with Crippen LogP contribution in [0.1, 0.15) is 17.0 Å². The van der Waals surface area contributed by atoms with E-state index in [0.29, 0.717) is 11.0 Å². The lowest BCUT2D eigenvalue weighted by atomic mass is 10.2. The zero-order chi connectivity index (χ0) is 15.5. The van der Waals surface area contributed by atoms with Crippen LogP contribution in [0.25, 0.3) is 11.0 Å². The van der Waals surface area contributed by atoms with Gasteiger partial charge in [0.25, 0.3) is 0 Å². The van der Waals surface area contributed by atoms with E-state index in [9.17, 15) is 0 Å². The number of nitrogens with two attached hydrogens (primary N) is 1. The van der Waals surface area contributed by atoms with Crippen LogP contribution in [0.3, 0.4) is 0 Å². The summed E-state index contributed by atoms with van der Waals surface area (Å²) in [5.74, 6) is 1.06. The number of nitrogen functional groups attached to an aromatic ring is 1. The molecule has 0 saturated heterocycles. The third-order valence-electron chi connectivity index (χ3n) is 3.14. The van der Waals surface area contributed by atoms with Crippen molar-refractivity contribution in [3.63, 3.8) is 0 Å². The van der Waals surface area contributed by atoms with Crippen LogP contribution >= 0.6 is 11.8 Å². The molecule has 0 aliphatic heterocycles. The third-order valence-corrected chi connectivity index (χ3v) is 3.99. The molecule has 0 radical (unpaired) electrons. The number of hydrogen-bond acceptors (Lipinski definition) is 7. The summed E-state index contributed by atoms with van der Waals surface area (Å²) in [6, 6.07) is 5.47. The molecule has 0 aliphatic rings. The molecule has 110 valence electrons. The third kappa shape index (κ3) is 3.02. The molecule has 3 aromatic heterocycles. The first-order chi connectivity index (χ1) is 10.7. The van der Waals surface area contributed by atoms with Gasteiger partial charge in [0.2, 0.25) is 0 Å². The van der Waals surface area contributed by atoms with Crippen molar-refractivity contribution in [2.24, 2.45) is 0 Å². The molecule has 3 heterocycles. The van der Waals surface area contributed by atoms with Gasteiger partial charge in [-0.1, -0.05) is 11.8 Å². The van der Waals surface area contributed by atoms with Crippen molar-refractivity contribution in [3.05, 3.63) is 41.5 Å². The first kappa shape index (κ1) is 14.4. The molecule has 3 aromatic rings. The standard InChI is InChI=1S/C15H13N5OS/c1-9-8-21-13-7-18-10(4-12(9)13)2-3-22-15-19-11(6-16)5-14(17)20-15/h4-5,7-8H,2-3H2,1H3,(H2,17,19,20). The van der Waals surface area contributed by atoms with E-state index < -0.39 is 0 Å². The highest BCUT2D eigenvalue weighted by Crippen LogP contribution is 2.22. The van der Waals surface area contributed by atoms with Crippen LogP contribution in [-0.4, -0.2) is 20.7 Å². The van der Waals surface area contributed by atoms with Crippen molar-refractivity contribution in [3.8, 4) is 6.07 Å². The van der Waals surface area contributed by atoms with Crippen molar-refractivity contribution in [1.82, 2.24) is 15.0 Å². The van der Waals surface area contributed by atoms with E-state index in [1.54, 1.807) is 12.5 Å². The summed E-state index contributed by atoms with van der Waals surface area (Å²) < 4.78 is 5.38. The molecule has 22 heavy (non-hydrogen) atoms. The molecule has 0 aliphatic carbocycles. The molecule has 2 N–H and O–H groups in total. The van der Waals surface area contributed by atoms with Gasteiger partial charge < -0.3 is 10.2 Å². The fraction of sp³-hybridized carbons (Fsp3) is 0.200. The number of furan rings is 1. The molecule has 0 spiro atoms. The van der Waals surface area contributed by atoms with E-state index in [1.165, 1.54) is 17.8 Å². The minimum Gasteiger partial charge on any atom is -0.462 e. The summed E-state index contributed by atoms with van der Waals surface area (Å²) in [6.07, 6.45) is 4.24. The van der Waals surface area contributed by atoms with Gasteiger partial charge in [-0.25, -0.2) is 9.97 Å². The largest absolute Gasteiger partial charge is 0.462 e. The average Bonchev–Trinajstić information content (AvgIpc) is 2.88. The Hall–Kier alpha value is -2.59. The second kappa shape index (κ2) is 6.03. The molecule has 6 nitrogen and oxygen atoms in total. The zero-order valence-electron chi connectivity index (χ0n) is 11.9. The number of hydrogen-bond donors (Lipinski definition) is 1. The number of fused-ring (bicyclic) bond motifs is 1. The van der Waals surface area contributed by atoms with Gasteiger partial charge >= 0.3 is 0 Å². The van der Waals surface area contributed by atoms with Crippen LogP contribution < -0.4 is 5.73 Å². The molecule has 0 fully saturated rings. The number of pyridine rings is 1. The van der Waals surface area contributed by atoms with E-state index in [0.717, 1.165) is 34.4 Å². The zero-order valence-corrected chi connectivity index (χ0v) is 12.7. The molecule has 0 atom stereocenters. The number of nitrogens with zero attached hydrogens (tertiary/aromatic N) is 4. The molecular weight excluding hydrogens is 298 g/mol.